The fraction of sp³-hybridized carbons (Fsp3) is 0.111. The first-order valence-electron chi connectivity index (χ1n) is 3.68. The van der Waals surface area contributed by atoms with Crippen molar-refractivity contribution in [3.05, 3.63) is 33.4 Å². The molecule has 13 heavy (non-hydrogen) atoms. The van der Waals surface area contributed by atoms with Crippen molar-refractivity contribution in [1.82, 2.24) is 0 Å². The lowest BCUT2D eigenvalue weighted by atomic mass is 10.2. The van der Waals surface area contributed by atoms with Crippen LogP contribution >= 0.6 is 27.3 Å². The van der Waals surface area contributed by atoms with Crippen LogP contribution in [0.4, 0.5) is 4.39 Å². The highest BCUT2D eigenvalue weighted by Gasteiger charge is 2.08. The molecule has 0 amide bonds. The molecule has 0 radical (unpaired) electrons. The maximum absolute atomic E-state index is 13.2. The van der Waals surface area contributed by atoms with Gasteiger partial charge in [0.15, 0.2) is 0 Å². The number of hydrogen-bond acceptors (Lipinski definition) is 2. The average Bonchev–Trinajstić information content (AvgIpc) is 2.48. The minimum absolute atomic E-state index is 0.0198. The summed E-state index contributed by atoms with van der Waals surface area (Å²) < 4.78 is 14.7. The molecule has 1 heterocycles. The molecule has 0 aliphatic heterocycles. The SMILES string of the molecule is OCc1cc(Br)c2c(F)csc2c1. The van der Waals surface area contributed by atoms with Gasteiger partial charge in [0, 0.05) is 19.9 Å². The summed E-state index contributed by atoms with van der Waals surface area (Å²) in [5.41, 5.74) is 0.793. The Morgan fingerprint density at radius 2 is 2.23 bits per heavy atom. The van der Waals surface area contributed by atoms with Gasteiger partial charge in [0.05, 0.1) is 6.61 Å². The highest BCUT2D eigenvalue weighted by atomic mass is 79.9. The van der Waals surface area contributed by atoms with Crippen molar-refractivity contribution < 1.29 is 9.50 Å². The maximum Gasteiger partial charge on any atom is 0.142 e. The molecule has 0 aliphatic rings. The van der Waals surface area contributed by atoms with E-state index in [1.165, 1.54) is 16.7 Å². The molecule has 1 nitrogen and oxygen atoms in total. The van der Waals surface area contributed by atoms with E-state index in [-0.39, 0.29) is 12.4 Å². The van der Waals surface area contributed by atoms with Gasteiger partial charge in [-0.25, -0.2) is 4.39 Å². The predicted octanol–water partition coefficient (Wildman–Crippen LogP) is 3.30. The van der Waals surface area contributed by atoms with E-state index in [9.17, 15) is 4.39 Å². The van der Waals surface area contributed by atoms with E-state index in [1.807, 2.05) is 0 Å². The van der Waals surface area contributed by atoms with Crippen LogP contribution in [0.25, 0.3) is 10.1 Å². The molecule has 0 aliphatic carbocycles. The lowest BCUT2D eigenvalue weighted by molar-refractivity contribution is 0.282. The summed E-state index contributed by atoms with van der Waals surface area (Å²) in [6, 6.07) is 3.53. The number of halogens is 2. The van der Waals surface area contributed by atoms with Crippen molar-refractivity contribution in [3.63, 3.8) is 0 Å². The van der Waals surface area contributed by atoms with Gasteiger partial charge in [0.2, 0.25) is 0 Å². The Balaban J connectivity index is 2.79. The van der Waals surface area contributed by atoms with Crippen LogP contribution in [0.2, 0.25) is 0 Å². The number of fused-ring (bicyclic) bond motifs is 1. The van der Waals surface area contributed by atoms with Crippen LogP contribution in [-0.4, -0.2) is 5.11 Å². The Labute approximate surface area is 86.9 Å². The first-order chi connectivity index (χ1) is 6.22. The number of benzene rings is 1. The molecular formula is C9H6BrFOS. The van der Waals surface area contributed by atoms with Gasteiger partial charge in [-0.15, -0.1) is 11.3 Å². The molecule has 2 aromatic rings. The number of hydrogen-bond donors (Lipinski definition) is 1. The van der Waals surface area contributed by atoms with E-state index < -0.39 is 0 Å². The van der Waals surface area contributed by atoms with Crippen LogP contribution in [-0.2, 0) is 6.61 Å². The van der Waals surface area contributed by atoms with Gasteiger partial charge >= 0.3 is 0 Å². The first kappa shape index (κ1) is 9.12. The molecule has 0 bridgehead atoms. The number of aliphatic hydroxyl groups is 1. The van der Waals surface area contributed by atoms with Crippen molar-refractivity contribution in [2.24, 2.45) is 0 Å². The molecule has 2 rings (SSSR count). The lowest BCUT2D eigenvalue weighted by Gasteiger charge is -1.99. The van der Waals surface area contributed by atoms with Crippen LogP contribution in [0.5, 0.6) is 0 Å². The summed E-state index contributed by atoms with van der Waals surface area (Å²) in [4.78, 5) is 0. The number of thiophene rings is 1. The van der Waals surface area contributed by atoms with Crippen LogP contribution in [0.1, 0.15) is 5.56 Å². The number of aliphatic hydroxyl groups excluding tert-OH is 1. The zero-order valence-electron chi connectivity index (χ0n) is 6.55. The van der Waals surface area contributed by atoms with Gasteiger partial charge in [-0.3, -0.25) is 0 Å². The molecule has 0 saturated heterocycles. The quantitative estimate of drug-likeness (QED) is 0.835. The third kappa shape index (κ3) is 1.49. The highest BCUT2D eigenvalue weighted by molar-refractivity contribution is 9.10. The fourth-order valence-electron chi connectivity index (χ4n) is 1.23. The van der Waals surface area contributed by atoms with Gasteiger partial charge in [-0.2, -0.15) is 0 Å². The Morgan fingerprint density at radius 1 is 1.46 bits per heavy atom. The van der Waals surface area contributed by atoms with E-state index >= 15 is 0 Å². The Hall–Kier alpha value is -0.450. The van der Waals surface area contributed by atoms with E-state index in [2.05, 4.69) is 15.9 Å². The van der Waals surface area contributed by atoms with Crippen molar-refractivity contribution in [2.45, 2.75) is 6.61 Å². The predicted molar refractivity (Wildman–Crippen MR) is 55.4 cm³/mol. The maximum atomic E-state index is 13.2. The Morgan fingerprint density at radius 3 is 2.92 bits per heavy atom. The van der Waals surface area contributed by atoms with Crippen molar-refractivity contribution >= 4 is 37.4 Å². The molecule has 1 aromatic carbocycles. The largest absolute Gasteiger partial charge is 0.392 e. The summed E-state index contributed by atoms with van der Waals surface area (Å²) in [6.45, 7) is -0.0198. The van der Waals surface area contributed by atoms with Crippen molar-refractivity contribution in [1.29, 1.82) is 0 Å². The molecule has 0 unspecified atom stereocenters. The Kier molecular flexibility index (Phi) is 2.36. The van der Waals surface area contributed by atoms with Gasteiger partial charge in [0.25, 0.3) is 0 Å². The molecule has 0 saturated carbocycles. The fourth-order valence-corrected chi connectivity index (χ4v) is 2.95. The molecule has 68 valence electrons. The topological polar surface area (TPSA) is 20.2 Å². The van der Waals surface area contributed by atoms with E-state index in [4.69, 9.17) is 5.11 Å². The first-order valence-corrected chi connectivity index (χ1v) is 5.35. The standard InChI is InChI=1S/C9H6BrFOS/c10-6-1-5(3-12)2-8-9(6)7(11)4-13-8/h1-2,4,12H,3H2. The summed E-state index contributed by atoms with van der Waals surface area (Å²) in [5.74, 6) is -0.212. The van der Waals surface area contributed by atoms with E-state index in [0.29, 0.717) is 9.86 Å². The van der Waals surface area contributed by atoms with E-state index in [1.54, 1.807) is 12.1 Å². The van der Waals surface area contributed by atoms with Gasteiger partial charge < -0.3 is 5.11 Å². The molecule has 4 heteroatoms. The second kappa shape index (κ2) is 3.36. The van der Waals surface area contributed by atoms with Crippen LogP contribution in [0.15, 0.2) is 22.0 Å². The third-order valence-electron chi connectivity index (χ3n) is 1.82. The normalized spacial score (nSPS) is 11.0. The molecule has 1 aromatic heterocycles. The summed E-state index contributed by atoms with van der Waals surface area (Å²) in [5, 5.41) is 11.0. The average molecular weight is 261 g/mol. The minimum Gasteiger partial charge on any atom is -0.392 e. The molecule has 0 atom stereocenters. The van der Waals surface area contributed by atoms with Crippen LogP contribution in [0.3, 0.4) is 0 Å². The molecule has 0 fully saturated rings. The summed E-state index contributed by atoms with van der Waals surface area (Å²) >= 11 is 4.62. The highest BCUT2D eigenvalue weighted by Crippen LogP contribution is 2.32. The van der Waals surface area contributed by atoms with Crippen LogP contribution in [0, 0.1) is 5.82 Å². The van der Waals surface area contributed by atoms with Gasteiger partial charge in [0.1, 0.15) is 5.82 Å². The summed E-state index contributed by atoms with van der Waals surface area (Å²) in [7, 11) is 0. The smallest absolute Gasteiger partial charge is 0.142 e. The minimum atomic E-state index is -0.212. The molecular weight excluding hydrogens is 255 g/mol. The third-order valence-corrected chi connectivity index (χ3v) is 3.35. The molecule has 0 spiro atoms. The monoisotopic (exact) mass is 260 g/mol. The second-order valence-electron chi connectivity index (χ2n) is 2.69. The number of rotatable bonds is 1. The van der Waals surface area contributed by atoms with Gasteiger partial charge in [-0.05, 0) is 17.7 Å². The zero-order chi connectivity index (χ0) is 9.42. The van der Waals surface area contributed by atoms with Crippen molar-refractivity contribution in [3.8, 4) is 0 Å². The van der Waals surface area contributed by atoms with Crippen molar-refractivity contribution in [2.75, 3.05) is 0 Å². The van der Waals surface area contributed by atoms with Crippen LogP contribution < -0.4 is 0 Å². The van der Waals surface area contributed by atoms with Gasteiger partial charge in [-0.1, -0.05) is 15.9 Å². The Bertz CT molecular complexity index is 452. The lowest BCUT2D eigenvalue weighted by Crippen LogP contribution is -1.82. The zero-order valence-corrected chi connectivity index (χ0v) is 8.95. The molecule has 1 N–H and O–H groups in total. The second-order valence-corrected chi connectivity index (χ2v) is 4.46. The van der Waals surface area contributed by atoms with E-state index in [0.717, 1.165) is 10.3 Å². The summed E-state index contributed by atoms with van der Waals surface area (Å²) in [6.07, 6.45) is 0.